The van der Waals surface area contributed by atoms with Gasteiger partial charge in [-0.1, -0.05) is 23.7 Å². The van der Waals surface area contributed by atoms with Gasteiger partial charge in [0, 0.05) is 6.07 Å². The minimum Gasteiger partial charge on any atom is -0.481 e. The smallest absolute Gasteiger partial charge is 0.312 e. The van der Waals surface area contributed by atoms with Crippen molar-refractivity contribution in [1.29, 1.82) is 0 Å². The van der Waals surface area contributed by atoms with E-state index < -0.39 is 10.7 Å². The molecule has 7 heteroatoms. The summed E-state index contributed by atoms with van der Waals surface area (Å²) in [5, 5.41) is 11.0. The van der Waals surface area contributed by atoms with E-state index in [9.17, 15) is 14.5 Å². The van der Waals surface area contributed by atoms with Crippen LogP contribution >= 0.6 is 27.5 Å². The number of rotatable bonds is 4. The molecule has 0 amide bonds. The molecule has 0 N–H and O–H groups in total. The molecular weight excluding hydrogens is 353 g/mol. The SMILES string of the molecule is O=[N+]([O-])c1cccc(Cl)c1OCc1ccc(F)c(Br)c1. The topological polar surface area (TPSA) is 52.4 Å². The minimum absolute atomic E-state index is 0.000357. The van der Waals surface area contributed by atoms with E-state index in [0.29, 0.717) is 10.0 Å². The highest BCUT2D eigenvalue weighted by molar-refractivity contribution is 9.10. The molecule has 0 radical (unpaired) electrons. The standard InChI is InChI=1S/C13H8BrClFNO3/c14-9-6-8(4-5-11(9)16)7-20-13-10(15)2-1-3-12(13)17(18)19/h1-6H,7H2. The fourth-order valence-corrected chi connectivity index (χ4v) is 2.22. The van der Waals surface area contributed by atoms with E-state index in [4.69, 9.17) is 16.3 Å². The third-order valence-electron chi connectivity index (χ3n) is 2.51. The van der Waals surface area contributed by atoms with Crippen LogP contribution in [0.15, 0.2) is 40.9 Å². The second kappa shape index (κ2) is 6.19. The van der Waals surface area contributed by atoms with Crippen molar-refractivity contribution < 1.29 is 14.1 Å². The molecule has 0 heterocycles. The van der Waals surface area contributed by atoms with Gasteiger partial charge < -0.3 is 4.74 Å². The molecule has 0 fully saturated rings. The first-order chi connectivity index (χ1) is 9.49. The van der Waals surface area contributed by atoms with Crippen LogP contribution in [0.2, 0.25) is 5.02 Å². The summed E-state index contributed by atoms with van der Waals surface area (Å²) in [5.74, 6) is -0.392. The summed E-state index contributed by atoms with van der Waals surface area (Å²) >= 11 is 8.96. The summed E-state index contributed by atoms with van der Waals surface area (Å²) in [6.45, 7) is 0.0451. The highest BCUT2D eigenvalue weighted by Crippen LogP contribution is 2.35. The molecule has 0 aromatic heterocycles. The van der Waals surface area contributed by atoms with E-state index in [0.717, 1.165) is 0 Å². The third-order valence-corrected chi connectivity index (χ3v) is 3.42. The maximum Gasteiger partial charge on any atom is 0.312 e. The molecule has 2 rings (SSSR count). The van der Waals surface area contributed by atoms with Gasteiger partial charge in [-0.3, -0.25) is 10.1 Å². The lowest BCUT2D eigenvalue weighted by Crippen LogP contribution is -2.00. The molecule has 0 aliphatic carbocycles. The van der Waals surface area contributed by atoms with Crippen molar-refractivity contribution >= 4 is 33.2 Å². The van der Waals surface area contributed by atoms with Gasteiger partial charge in [0.05, 0.1) is 14.4 Å². The summed E-state index contributed by atoms with van der Waals surface area (Å²) in [6.07, 6.45) is 0. The molecule has 0 aliphatic heterocycles. The van der Waals surface area contributed by atoms with Crippen LogP contribution in [-0.4, -0.2) is 4.92 Å². The lowest BCUT2D eigenvalue weighted by Gasteiger charge is -2.09. The molecule has 0 saturated heterocycles. The van der Waals surface area contributed by atoms with E-state index in [1.807, 2.05) is 0 Å². The summed E-state index contributed by atoms with van der Waals surface area (Å²) in [5.41, 5.74) is 0.450. The van der Waals surface area contributed by atoms with Gasteiger partial charge in [-0.15, -0.1) is 0 Å². The normalized spacial score (nSPS) is 10.3. The number of nitrogens with zero attached hydrogens (tertiary/aromatic N) is 1. The number of hydrogen-bond donors (Lipinski definition) is 0. The average molecular weight is 361 g/mol. The quantitative estimate of drug-likeness (QED) is 0.585. The number of hydrogen-bond acceptors (Lipinski definition) is 3. The first-order valence-electron chi connectivity index (χ1n) is 5.48. The molecule has 2 aromatic carbocycles. The third kappa shape index (κ3) is 3.26. The molecule has 0 atom stereocenters. The van der Waals surface area contributed by atoms with Gasteiger partial charge in [-0.05, 0) is 39.7 Å². The Hall–Kier alpha value is -1.66. The number of nitro groups is 1. The van der Waals surface area contributed by atoms with Crippen molar-refractivity contribution in [3.05, 3.63) is 67.4 Å². The number of halogens is 3. The largest absolute Gasteiger partial charge is 0.481 e. The van der Waals surface area contributed by atoms with Crippen LogP contribution in [-0.2, 0) is 6.61 Å². The van der Waals surface area contributed by atoms with Crippen LogP contribution in [0.5, 0.6) is 5.75 Å². The Morgan fingerprint density at radius 3 is 2.75 bits per heavy atom. The van der Waals surface area contributed by atoms with Crippen LogP contribution in [0, 0.1) is 15.9 Å². The predicted molar refractivity (Wildman–Crippen MR) is 76.5 cm³/mol. The van der Waals surface area contributed by atoms with Crippen molar-refractivity contribution in [3.8, 4) is 5.75 Å². The predicted octanol–water partition coefficient (Wildman–Crippen LogP) is 4.73. The van der Waals surface area contributed by atoms with Crippen LogP contribution in [0.4, 0.5) is 10.1 Å². The zero-order valence-corrected chi connectivity index (χ0v) is 12.3. The molecule has 0 aliphatic rings. The van der Waals surface area contributed by atoms with Crippen molar-refractivity contribution in [2.24, 2.45) is 0 Å². The van der Waals surface area contributed by atoms with E-state index in [1.165, 1.54) is 36.4 Å². The van der Waals surface area contributed by atoms with Crippen molar-refractivity contribution in [2.45, 2.75) is 6.61 Å². The summed E-state index contributed by atoms with van der Waals surface area (Å²) in [4.78, 5) is 10.3. The molecule has 104 valence electrons. The van der Waals surface area contributed by atoms with Crippen LogP contribution in [0.3, 0.4) is 0 Å². The number of ether oxygens (including phenoxy) is 1. The molecule has 2 aromatic rings. The molecule has 0 bridgehead atoms. The zero-order chi connectivity index (χ0) is 14.7. The zero-order valence-electron chi connectivity index (χ0n) is 9.98. The lowest BCUT2D eigenvalue weighted by molar-refractivity contribution is -0.385. The minimum atomic E-state index is -0.568. The molecule has 4 nitrogen and oxygen atoms in total. The van der Waals surface area contributed by atoms with E-state index in [-0.39, 0.29) is 23.1 Å². The maximum atomic E-state index is 13.1. The first kappa shape index (κ1) is 14.7. The van der Waals surface area contributed by atoms with Gasteiger partial charge >= 0.3 is 5.69 Å². The van der Waals surface area contributed by atoms with Gasteiger partial charge in [0.15, 0.2) is 0 Å². The van der Waals surface area contributed by atoms with Crippen molar-refractivity contribution in [1.82, 2.24) is 0 Å². The lowest BCUT2D eigenvalue weighted by atomic mass is 10.2. The Bertz CT molecular complexity index is 666. The summed E-state index contributed by atoms with van der Waals surface area (Å²) in [7, 11) is 0. The molecule has 0 saturated carbocycles. The highest BCUT2D eigenvalue weighted by atomic mass is 79.9. The first-order valence-corrected chi connectivity index (χ1v) is 6.66. The molecule has 20 heavy (non-hydrogen) atoms. The van der Waals surface area contributed by atoms with Gasteiger partial charge in [-0.2, -0.15) is 0 Å². The Morgan fingerprint density at radius 1 is 1.35 bits per heavy atom. The fourth-order valence-electron chi connectivity index (χ4n) is 1.57. The van der Waals surface area contributed by atoms with Gasteiger partial charge in [0.2, 0.25) is 5.75 Å². The summed E-state index contributed by atoms with van der Waals surface area (Å²) in [6, 6.07) is 8.64. The van der Waals surface area contributed by atoms with Gasteiger partial charge in [0.25, 0.3) is 0 Å². The van der Waals surface area contributed by atoms with Gasteiger partial charge in [-0.25, -0.2) is 4.39 Å². The molecule has 0 spiro atoms. The van der Waals surface area contributed by atoms with E-state index in [1.54, 1.807) is 0 Å². The summed E-state index contributed by atoms with van der Waals surface area (Å²) < 4.78 is 18.8. The Balaban J connectivity index is 2.22. The number of nitro benzene ring substituents is 1. The van der Waals surface area contributed by atoms with E-state index in [2.05, 4.69) is 15.9 Å². The van der Waals surface area contributed by atoms with Crippen LogP contribution in [0.1, 0.15) is 5.56 Å². The number of para-hydroxylation sites is 1. The average Bonchev–Trinajstić information content (AvgIpc) is 2.40. The molecular formula is C13H8BrClFNO3. The Morgan fingerprint density at radius 2 is 2.10 bits per heavy atom. The van der Waals surface area contributed by atoms with Crippen LogP contribution < -0.4 is 4.74 Å². The monoisotopic (exact) mass is 359 g/mol. The van der Waals surface area contributed by atoms with E-state index >= 15 is 0 Å². The van der Waals surface area contributed by atoms with Gasteiger partial charge in [0.1, 0.15) is 12.4 Å². The van der Waals surface area contributed by atoms with Crippen molar-refractivity contribution in [3.63, 3.8) is 0 Å². The van der Waals surface area contributed by atoms with Crippen molar-refractivity contribution in [2.75, 3.05) is 0 Å². The maximum absolute atomic E-state index is 13.1. The number of benzene rings is 2. The highest BCUT2D eigenvalue weighted by Gasteiger charge is 2.18. The fraction of sp³-hybridized carbons (Fsp3) is 0.0769. The second-order valence-corrected chi connectivity index (χ2v) is 5.14. The molecule has 0 unspecified atom stereocenters. The second-order valence-electron chi connectivity index (χ2n) is 3.88. The Labute approximate surface area is 127 Å². The Kier molecular flexibility index (Phi) is 4.57. The van der Waals surface area contributed by atoms with Crippen LogP contribution in [0.25, 0.3) is 0 Å².